The fourth-order valence-corrected chi connectivity index (χ4v) is 1.12. The van der Waals surface area contributed by atoms with Crippen LogP contribution in [-0.4, -0.2) is 19.8 Å². The van der Waals surface area contributed by atoms with Crippen LogP contribution in [0.1, 0.15) is 5.69 Å². The van der Waals surface area contributed by atoms with E-state index in [1.807, 2.05) is 13.0 Å². The predicted molar refractivity (Wildman–Crippen MR) is 40.5 cm³/mol. The summed E-state index contributed by atoms with van der Waals surface area (Å²) in [5.74, 6) is 0. The highest BCUT2D eigenvalue weighted by atomic mass is 35.5. The number of hydrogen-bond donors (Lipinski definition) is 0. The van der Waals surface area contributed by atoms with Crippen LogP contribution in [0.3, 0.4) is 0 Å². The van der Waals surface area contributed by atoms with Crippen molar-refractivity contribution in [2.45, 2.75) is 6.92 Å². The quantitative estimate of drug-likeness (QED) is 0.592. The summed E-state index contributed by atoms with van der Waals surface area (Å²) in [7, 11) is 0. The lowest BCUT2D eigenvalue weighted by molar-refractivity contribution is 0.852. The number of aryl methyl sites for hydroxylation is 1. The van der Waals surface area contributed by atoms with Gasteiger partial charge >= 0.3 is 0 Å². The van der Waals surface area contributed by atoms with Gasteiger partial charge in [0, 0.05) is 0 Å². The third-order valence-corrected chi connectivity index (χ3v) is 1.65. The first-order valence-corrected chi connectivity index (χ1v) is 3.48. The van der Waals surface area contributed by atoms with Gasteiger partial charge in [-0.1, -0.05) is 11.6 Å². The molecule has 0 amide bonds. The van der Waals surface area contributed by atoms with E-state index in [4.69, 9.17) is 11.6 Å². The Labute approximate surface area is 67.8 Å². The molecule has 4 nitrogen and oxygen atoms in total. The summed E-state index contributed by atoms with van der Waals surface area (Å²) in [5, 5.41) is 11.8. The van der Waals surface area contributed by atoms with Crippen LogP contribution < -0.4 is 0 Å². The van der Waals surface area contributed by atoms with Crippen molar-refractivity contribution in [3.63, 3.8) is 0 Å². The zero-order valence-electron chi connectivity index (χ0n) is 5.82. The number of hydrogen-bond acceptors (Lipinski definition) is 3. The molecule has 0 aromatic carbocycles. The third kappa shape index (κ3) is 0.952. The van der Waals surface area contributed by atoms with Crippen molar-refractivity contribution in [2.75, 3.05) is 0 Å². The summed E-state index contributed by atoms with van der Waals surface area (Å²) in [4.78, 5) is 0. The second kappa shape index (κ2) is 2.17. The number of aromatic nitrogens is 4. The summed E-state index contributed by atoms with van der Waals surface area (Å²) in [6.07, 6.45) is 1.52. The van der Waals surface area contributed by atoms with Gasteiger partial charge in [-0.15, -0.1) is 10.2 Å². The summed E-state index contributed by atoms with van der Waals surface area (Å²) in [6.45, 7) is 1.89. The molecule has 0 unspecified atom stereocenters. The largest absolute Gasteiger partial charge is 0.217 e. The lowest BCUT2D eigenvalue weighted by Gasteiger charge is -1.89. The highest BCUT2D eigenvalue weighted by molar-refractivity contribution is 6.32. The predicted octanol–water partition coefficient (Wildman–Crippen LogP) is 1.09. The van der Waals surface area contributed by atoms with Crippen molar-refractivity contribution in [2.24, 2.45) is 0 Å². The number of halogens is 1. The van der Waals surface area contributed by atoms with E-state index in [-0.39, 0.29) is 0 Å². The van der Waals surface area contributed by atoms with Crippen LogP contribution in [0.2, 0.25) is 5.15 Å². The molecule has 0 aliphatic rings. The molecule has 0 spiro atoms. The molecule has 2 rings (SSSR count). The Balaban J connectivity index is 2.90. The first-order chi connectivity index (χ1) is 5.27. The van der Waals surface area contributed by atoms with E-state index in [0.717, 1.165) is 11.2 Å². The first-order valence-electron chi connectivity index (χ1n) is 3.10. The minimum Gasteiger partial charge on any atom is -0.217 e. The van der Waals surface area contributed by atoms with Crippen LogP contribution in [0, 0.1) is 6.92 Å². The molecule has 0 aliphatic heterocycles. The molecule has 2 heterocycles. The van der Waals surface area contributed by atoms with Crippen molar-refractivity contribution in [3.05, 3.63) is 23.2 Å². The summed E-state index contributed by atoms with van der Waals surface area (Å²) < 4.78 is 1.60. The lowest BCUT2D eigenvalue weighted by Crippen LogP contribution is -1.91. The molecule has 2 aromatic rings. The maximum atomic E-state index is 5.74. The van der Waals surface area contributed by atoms with Gasteiger partial charge in [0.2, 0.25) is 0 Å². The fraction of sp³-hybridized carbons (Fsp3) is 0.167. The van der Waals surface area contributed by atoms with Gasteiger partial charge < -0.3 is 0 Å². The van der Waals surface area contributed by atoms with E-state index in [1.54, 1.807) is 4.52 Å². The van der Waals surface area contributed by atoms with E-state index < -0.39 is 0 Å². The van der Waals surface area contributed by atoms with E-state index in [0.29, 0.717) is 5.15 Å². The Morgan fingerprint density at radius 2 is 2.36 bits per heavy atom. The second-order valence-electron chi connectivity index (χ2n) is 2.24. The van der Waals surface area contributed by atoms with Crippen LogP contribution in [-0.2, 0) is 0 Å². The van der Waals surface area contributed by atoms with Gasteiger partial charge in [-0.2, -0.15) is 5.10 Å². The third-order valence-electron chi connectivity index (χ3n) is 1.38. The number of rotatable bonds is 0. The van der Waals surface area contributed by atoms with E-state index >= 15 is 0 Å². The smallest absolute Gasteiger partial charge is 0.177 e. The zero-order chi connectivity index (χ0) is 7.84. The van der Waals surface area contributed by atoms with E-state index in [9.17, 15) is 0 Å². The van der Waals surface area contributed by atoms with Crippen molar-refractivity contribution in [1.82, 2.24) is 19.8 Å². The van der Waals surface area contributed by atoms with Crippen LogP contribution in [0.25, 0.3) is 5.52 Å². The highest BCUT2D eigenvalue weighted by Gasteiger charge is 2.01. The van der Waals surface area contributed by atoms with Crippen molar-refractivity contribution in [3.8, 4) is 0 Å². The Kier molecular flexibility index (Phi) is 1.29. The molecule has 56 valence electrons. The Hall–Kier alpha value is -1.16. The van der Waals surface area contributed by atoms with Gasteiger partial charge in [0.15, 0.2) is 5.15 Å². The highest BCUT2D eigenvalue weighted by Crippen LogP contribution is 2.12. The van der Waals surface area contributed by atoms with Crippen molar-refractivity contribution >= 4 is 17.1 Å². The minimum atomic E-state index is 0.383. The van der Waals surface area contributed by atoms with E-state index in [2.05, 4.69) is 15.3 Å². The molecule has 0 bridgehead atoms. The lowest BCUT2D eigenvalue weighted by atomic mass is 10.4. The molecule has 5 heteroatoms. The average molecular weight is 169 g/mol. The number of nitrogens with zero attached hydrogens (tertiary/aromatic N) is 4. The van der Waals surface area contributed by atoms with Crippen LogP contribution in [0.4, 0.5) is 0 Å². The molecule has 0 fully saturated rings. The fourth-order valence-electron chi connectivity index (χ4n) is 0.935. The molecule has 0 atom stereocenters. The molecule has 0 saturated carbocycles. The normalized spacial score (nSPS) is 10.7. The molecular formula is C6H5ClN4. The van der Waals surface area contributed by atoms with Crippen LogP contribution in [0.15, 0.2) is 12.4 Å². The second-order valence-corrected chi connectivity index (χ2v) is 2.60. The van der Waals surface area contributed by atoms with Crippen LogP contribution in [0.5, 0.6) is 0 Å². The number of fused-ring (bicyclic) bond motifs is 1. The Morgan fingerprint density at radius 3 is 3.09 bits per heavy atom. The summed E-state index contributed by atoms with van der Waals surface area (Å²) >= 11 is 5.74. The topological polar surface area (TPSA) is 43.1 Å². The summed E-state index contributed by atoms with van der Waals surface area (Å²) in [5.41, 5.74) is 1.70. The maximum Gasteiger partial charge on any atom is 0.177 e. The average Bonchev–Trinajstić information content (AvgIpc) is 2.31. The molecule has 11 heavy (non-hydrogen) atoms. The molecule has 0 saturated heterocycles. The van der Waals surface area contributed by atoms with Gasteiger partial charge in [-0.25, -0.2) is 4.52 Å². The summed E-state index contributed by atoms with van der Waals surface area (Å²) in [6, 6.07) is 1.86. The molecular weight excluding hydrogens is 164 g/mol. The van der Waals surface area contributed by atoms with Crippen molar-refractivity contribution in [1.29, 1.82) is 0 Å². The van der Waals surface area contributed by atoms with Gasteiger partial charge in [-0.3, -0.25) is 0 Å². The van der Waals surface area contributed by atoms with E-state index in [1.165, 1.54) is 6.33 Å². The minimum absolute atomic E-state index is 0.383. The monoisotopic (exact) mass is 168 g/mol. The molecule has 0 aliphatic carbocycles. The van der Waals surface area contributed by atoms with Crippen molar-refractivity contribution < 1.29 is 0 Å². The molecule has 0 N–H and O–H groups in total. The Bertz CT molecular complexity index is 394. The first kappa shape index (κ1) is 6.54. The Morgan fingerprint density at radius 1 is 1.55 bits per heavy atom. The van der Waals surface area contributed by atoms with Gasteiger partial charge in [0.25, 0.3) is 0 Å². The zero-order valence-corrected chi connectivity index (χ0v) is 6.58. The van der Waals surface area contributed by atoms with Gasteiger partial charge in [0.05, 0.1) is 5.69 Å². The SMILES string of the molecule is Cc1cc2c(Cl)nncn2n1. The molecule has 2 aromatic heterocycles. The van der Waals surface area contributed by atoms with Gasteiger partial charge in [0.1, 0.15) is 11.8 Å². The van der Waals surface area contributed by atoms with Crippen LogP contribution >= 0.6 is 11.6 Å². The molecule has 0 radical (unpaired) electrons. The maximum absolute atomic E-state index is 5.74. The standard InChI is InChI=1S/C6H5ClN4/c1-4-2-5-6(7)9-8-3-11(5)10-4/h2-3H,1H3. The van der Waals surface area contributed by atoms with Gasteiger partial charge in [-0.05, 0) is 13.0 Å².